The van der Waals surface area contributed by atoms with Crippen LogP contribution in [0.25, 0.3) is 11.5 Å². The van der Waals surface area contributed by atoms with Gasteiger partial charge in [0, 0.05) is 31.9 Å². The molecule has 5 nitrogen and oxygen atoms in total. The van der Waals surface area contributed by atoms with E-state index in [4.69, 9.17) is 4.52 Å². The van der Waals surface area contributed by atoms with Gasteiger partial charge in [0.1, 0.15) is 0 Å². The fourth-order valence-corrected chi connectivity index (χ4v) is 1.41. The van der Waals surface area contributed by atoms with Crippen molar-refractivity contribution in [3.05, 3.63) is 24.3 Å². The molecule has 0 radical (unpaired) electrons. The van der Waals surface area contributed by atoms with Crippen LogP contribution in [0.2, 0.25) is 0 Å². The van der Waals surface area contributed by atoms with Crippen molar-refractivity contribution in [3.8, 4) is 11.5 Å². The predicted octanol–water partition coefficient (Wildman–Crippen LogP) is 2.23. The van der Waals surface area contributed by atoms with Gasteiger partial charge in [-0.2, -0.15) is 4.98 Å². The highest BCUT2D eigenvalue weighted by atomic mass is 16.5. The molecule has 0 aliphatic carbocycles. The lowest BCUT2D eigenvalue weighted by molar-refractivity contribution is 0.430. The summed E-state index contributed by atoms with van der Waals surface area (Å²) in [6.07, 6.45) is 0. The van der Waals surface area contributed by atoms with Crippen LogP contribution in [0.4, 0.5) is 11.6 Å². The quantitative estimate of drug-likeness (QED) is 0.876. The van der Waals surface area contributed by atoms with Gasteiger partial charge in [-0.25, -0.2) is 0 Å². The number of benzene rings is 1. The Balaban J connectivity index is 2.24. The molecule has 5 heteroatoms. The summed E-state index contributed by atoms with van der Waals surface area (Å²) in [6, 6.07) is 7.86. The van der Waals surface area contributed by atoms with Gasteiger partial charge in [-0.05, 0) is 36.3 Å². The van der Waals surface area contributed by atoms with E-state index in [1.54, 1.807) is 0 Å². The first-order valence-electron chi connectivity index (χ1n) is 5.57. The molecule has 1 heterocycles. The maximum Gasteiger partial charge on any atom is 0.266 e. The van der Waals surface area contributed by atoms with E-state index >= 15 is 0 Å². The van der Waals surface area contributed by atoms with Gasteiger partial charge in [0.15, 0.2) is 0 Å². The molecule has 0 saturated heterocycles. The predicted molar refractivity (Wildman–Crippen MR) is 68.2 cm³/mol. The van der Waals surface area contributed by atoms with Crippen molar-refractivity contribution < 1.29 is 4.52 Å². The first-order chi connectivity index (χ1) is 8.24. The molecule has 1 N–H and O–H groups in total. The maximum atomic E-state index is 5.22. The normalized spacial score (nSPS) is 10.3. The average molecular weight is 232 g/mol. The van der Waals surface area contributed by atoms with Crippen LogP contribution < -0.4 is 10.2 Å². The van der Waals surface area contributed by atoms with Crippen LogP contribution in [0, 0.1) is 0 Å². The molecule has 0 aliphatic rings. The highest BCUT2D eigenvalue weighted by Gasteiger charge is 2.10. The molecule has 0 unspecified atom stereocenters. The number of anilines is 2. The molecule has 17 heavy (non-hydrogen) atoms. The van der Waals surface area contributed by atoms with Crippen LogP contribution in [0.1, 0.15) is 6.92 Å². The van der Waals surface area contributed by atoms with Crippen molar-refractivity contribution in [2.45, 2.75) is 6.92 Å². The van der Waals surface area contributed by atoms with E-state index in [2.05, 4.69) is 15.5 Å². The third kappa shape index (κ3) is 2.38. The highest BCUT2D eigenvalue weighted by molar-refractivity contribution is 5.59. The van der Waals surface area contributed by atoms with Gasteiger partial charge in [0.05, 0.1) is 0 Å². The molecular formula is C12H16N4O. The van der Waals surface area contributed by atoms with E-state index in [1.807, 2.05) is 50.2 Å². The summed E-state index contributed by atoms with van der Waals surface area (Å²) < 4.78 is 5.22. The Morgan fingerprint density at radius 2 is 2.00 bits per heavy atom. The van der Waals surface area contributed by atoms with Gasteiger partial charge in [0.25, 0.3) is 11.8 Å². The molecule has 2 aromatic rings. The van der Waals surface area contributed by atoms with E-state index in [-0.39, 0.29) is 0 Å². The number of nitrogens with zero attached hydrogens (tertiary/aromatic N) is 3. The van der Waals surface area contributed by atoms with Gasteiger partial charge >= 0.3 is 0 Å². The highest BCUT2D eigenvalue weighted by Crippen LogP contribution is 2.21. The van der Waals surface area contributed by atoms with Crippen molar-refractivity contribution in [3.63, 3.8) is 0 Å². The van der Waals surface area contributed by atoms with E-state index in [0.717, 1.165) is 17.8 Å². The van der Waals surface area contributed by atoms with E-state index < -0.39 is 0 Å². The van der Waals surface area contributed by atoms with Gasteiger partial charge in [-0.15, -0.1) is 0 Å². The summed E-state index contributed by atoms with van der Waals surface area (Å²) in [4.78, 5) is 6.26. The first kappa shape index (κ1) is 11.4. The molecule has 0 atom stereocenters. The lowest BCUT2D eigenvalue weighted by Crippen LogP contribution is -2.16. The minimum Gasteiger partial charge on any atom is -0.388 e. The Bertz CT molecular complexity index is 478. The van der Waals surface area contributed by atoms with Gasteiger partial charge < -0.3 is 14.7 Å². The number of rotatable bonds is 4. The summed E-state index contributed by atoms with van der Waals surface area (Å²) in [5.41, 5.74) is 1.98. The fourth-order valence-electron chi connectivity index (χ4n) is 1.41. The summed E-state index contributed by atoms with van der Waals surface area (Å²) in [5, 5.41) is 6.99. The Labute approximate surface area is 100 Å². The number of hydrogen-bond acceptors (Lipinski definition) is 5. The molecule has 0 aliphatic heterocycles. The van der Waals surface area contributed by atoms with Crippen LogP contribution in [0.3, 0.4) is 0 Å². The average Bonchev–Trinajstić information content (AvgIpc) is 2.87. The third-order valence-electron chi connectivity index (χ3n) is 2.65. The third-order valence-corrected chi connectivity index (χ3v) is 2.65. The molecule has 1 aromatic heterocycles. The van der Waals surface area contributed by atoms with Crippen LogP contribution >= 0.6 is 0 Å². The van der Waals surface area contributed by atoms with Crippen LogP contribution in [0.15, 0.2) is 28.8 Å². The second kappa shape index (κ2) is 4.86. The van der Waals surface area contributed by atoms with Crippen molar-refractivity contribution in [1.82, 2.24) is 10.1 Å². The maximum absolute atomic E-state index is 5.22. The summed E-state index contributed by atoms with van der Waals surface area (Å²) in [5.74, 6) is 1.16. The minimum atomic E-state index is 0.544. The van der Waals surface area contributed by atoms with Crippen LogP contribution in [0.5, 0.6) is 0 Å². The summed E-state index contributed by atoms with van der Waals surface area (Å²) in [6.45, 7) is 2.88. The molecule has 0 amide bonds. The molecule has 0 fully saturated rings. The minimum absolute atomic E-state index is 0.544. The monoisotopic (exact) mass is 232 g/mol. The van der Waals surface area contributed by atoms with Crippen LogP contribution in [-0.4, -0.2) is 30.8 Å². The molecule has 0 bridgehead atoms. The number of nitrogens with one attached hydrogen (secondary N) is 1. The van der Waals surface area contributed by atoms with Gasteiger partial charge in [-0.3, -0.25) is 0 Å². The zero-order valence-corrected chi connectivity index (χ0v) is 10.3. The Kier molecular flexibility index (Phi) is 3.27. The van der Waals surface area contributed by atoms with Crippen LogP contribution in [-0.2, 0) is 0 Å². The second-order valence-corrected chi connectivity index (χ2v) is 3.74. The second-order valence-electron chi connectivity index (χ2n) is 3.74. The molecule has 0 saturated carbocycles. The fraction of sp³-hybridized carbons (Fsp3) is 0.333. The first-order valence-corrected chi connectivity index (χ1v) is 5.57. The van der Waals surface area contributed by atoms with Gasteiger partial charge in [-0.1, -0.05) is 0 Å². The Morgan fingerprint density at radius 3 is 2.59 bits per heavy atom. The zero-order chi connectivity index (χ0) is 12.3. The van der Waals surface area contributed by atoms with Crippen molar-refractivity contribution in [1.29, 1.82) is 0 Å². The number of aromatic nitrogens is 2. The van der Waals surface area contributed by atoms with E-state index in [0.29, 0.717) is 11.8 Å². The Hall–Kier alpha value is -2.04. The standard InChI is InChI=1S/C12H16N4O/c1-4-16(3)12-14-11(17-15-12)9-5-7-10(13-2)8-6-9/h5-8,13H,4H2,1-3H3. The number of hydrogen-bond donors (Lipinski definition) is 1. The molecule has 0 spiro atoms. The van der Waals surface area contributed by atoms with Gasteiger partial charge in [0.2, 0.25) is 0 Å². The Morgan fingerprint density at radius 1 is 1.29 bits per heavy atom. The van der Waals surface area contributed by atoms with E-state index in [1.165, 1.54) is 0 Å². The van der Waals surface area contributed by atoms with Crippen molar-refractivity contribution in [2.75, 3.05) is 30.9 Å². The lowest BCUT2D eigenvalue weighted by Gasteiger charge is -2.08. The molecule has 1 aromatic carbocycles. The SMILES string of the molecule is CCN(C)c1noc(-c2ccc(NC)cc2)n1. The van der Waals surface area contributed by atoms with Crippen molar-refractivity contribution >= 4 is 11.6 Å². The lowest BCUT2D eigenvalue weighted by atomic mass is 10.2. The molecule has 90 valence electrons. The zero-order valence-electron chi connectivity index (χ0n) is 10.3. The largest absolute Gasteiger partial charge is 0.388 e. The molecule has 2 rings (SSSR count). The topological polar surface area (TPSA) is 54.2 Å². The summed E-state index contributed by atoms with van der Waals surface area (Å²) in [7, 11) is 3.81. The molecular weight excluding hydrogens is 216 g/mol. The van der Waals surface area contributed by atoms with E-state index in [9.17, 15) is 0 Å². The summed E-state index contributed by atoms with van der Waals surface area (Å²) >= 11 is 0. The van der Waals surface area contributed by atoms with Crippen molar-refractivity contribution in [2.24, 2.45) is 0 Å². The smallest absolute Gasteiger partial charge is 0.266 e.